The number of rotatable bonds is 3. The zero-order valence-corrected chi connectivity index (χ0v) is 14.2. The van der Waals surface area contributed by atoms with Crippen molar-refractivity contribution in [3.63, 3.8) is 0 Å². The van der Waals surface area contributed by atoms with Gasteiger partial charge in [-0.3, -0.25) is 9.59 Å². The third-order valence-electron chi connectivity index (χ3n) is 5.28. The van der Waals surface area contributed by atoms with Gasteiger partial charge in [0, 0.05) is 25.2 Å². The van der Waals surface area contributed by atoms with Gasteiger partial charge >= 0.3 is 0 Å². The third-order valence-corrected chi connectivity index (χ3v) is 5.28. The first-order chi connectivity index (χ1) is 12.2. The average Bonchev–Trinajstić information content (AvgIpc) is 2.67. The van der Waals surface area contributed by atoms with Gasteiger partial charge in [-0.05, 0) is 36.5 Å². The van der Waals surface area contributed by atoms with E-state index >= 15 is 0 Å². The normalized spacial score (nSPS) is 22.8. The molecule has 0 spiro atoms. The summed E-state index contributed by atoms with van der Waals surface area (Å²) in [5, 5.41) is 0. The standard InChI is InChI=1S/C21H22N2O2/c24-20(18-9-5-2-6-10-18)23-12-11-17-13-19(23)21(25)22(15-17)14-16-7-3-1-4-8-16/h1-10,17,19H,11-15H2/t17-,19+/m0/s1. The Morgan fingerprint density at radius 3 is 2.40 bits per heavy atom. The Morgan fingerprint density at radius 1 is 1.00 bits per heavy atom. The third kappa shape index (κ3) is 3.16. The largest absolute Gasteiger partial charge is 0.336 e. The number of fused-ring (bicyclic) bond motifs is 2. The molecule has 0 radical (unpaired) electrons. The molecule has 4 heteroatoms. The van der Waals surface area contributed by atoms with Crippen LogP contribution >= 0.6 is 0 Å². The summed E-state index contributed by atoms with van der Waals surface area (Å²) >= 11 is 0. The van der Waals surface area contributed by atoms with Crippen LogP contribution in [0.5, 0.6) is 0 Å². The first kappa shape index (κ1) is 15.9. The zero-order chi connectivity index (χ0) is 17.2. The molecule has 2 aliphatic heterocycles. The summed E-state index contributed by atoms with van der Waals surface area (Å²) in [6.45, 7) is 2.10. The minimum Gasteiger partial charge on any atom is -0.336 e. The van der Waals surface area contributed by atoms with E-state index in [0.717, 1.165) is 24.9 Å². The number of carbonyl (C=O) groups is 2. The smallest absolute Gasteiger partial charge is 0.254 e. The van der Waals surface area contributed by atoms with Crippen molar-refractivity contribution in [3.05, 3.63) is 71.8 Å². The molecule has 2 amide bonds. The first-order valence-electron chi connectivity index (χ1n) is 8.91. The number of piperidine rings is 2. The Morgan fingerprint density at radius 2 is 1.68 bits per heavy atom. The van der Waals surface area contributed by atoms with E-state index in [0.29, 0.717) is 24.6 Å². The van der Waals surface area contributed by atoms with Crippen LogP contribution < -0.4 is 0 Å². The Hall–Kier alpha value is -2.62. The van der Waals surface area contributed by atoms with E-state index in [-0.39, 0.29) is 17.9 Å². The number of likely N-dealkylation sites (tertiary alicyclic amines) is 2. The fourth-order valence-corrected chi connectivity index (χ4v) is 3.99. The van der Waals surface area contributed by atoms with Gasteiger partial charge in [-0.25, -0.2) is 0 Å². The minimum atomic E-state index is -0.316. The molecule has 2 aromatic carbocycles. The van der Waals surface area contributed by atoms with E-state index in [1.165, 1.54) is 0 Å². The summed E-state index contributed by atoms with van der Waals surface area (Å²) in [5.74, 6) is 0.550. The first-order valence-corrected chi connectivity index (χ1v) is 8.91. The molecule has 2 bridgehead atoms. The zero-order valence-electron chi connectivity index (χ0n) is 14.2. The quantitative estimate of drug-likeness (QED) is 0.866. The fourth-order valence-electron chi connectivity index (χ4n) is 3.99. The van der Waals surface area contributed by atoms with Crippen LogP contribution in [0.25, 0.3) is 0 Å². The van der Waals surface area contributed by atoms with Gasteiger partial charge in [0.15, 0.2) is 0 Å². The maximum Gasteiger partial charge on any atom is 0.254 e. The second-order valence-electron chi connectivity index (χ2n) is 6.98. The van der Waals surface area contributed by atoms with Crippen LogP contribution in [0.3, 0.4) is 0 Å². The molecular formula is C21H22N2O2. The van der Waals surface area contributed by atoms with Crippen molar-refractivity contribution in [2.24, 2.45) is 5.92 Å². The molecule has 4 rings (SSSR count). The summed E-state index contributed by atoms with van der Waals surface area (Å²) in [5.41, 5.74) is 1.80. The van der Waals surface area contributed by atoms with Crippen molar-refractivity contribution in [2.75, 3.05) is 13.1 Å². The molecule has 25 heavy (non-hydrogen) atoms. The molecular weight excluding hydrogens is 312 g/mol. The number of carbonyl (C=O) groups excluding carboxylic acids is 2. The van der Waals surface area contributed by atoms with E-state index in [2.05, 4.69) is 0 Å². The molecule has 0 unspecified atom stereocenters. The van der Waals surface area contributed by atoms with Crippen molar-refractivity contribution in [1.82, 2.24) is 9.80 Å². The second-order valence-corrected chi connectivity index (χ2v) is 6.98. The molecule has 0 N–H and O–H groups in total. The number of hydrogen-bond donors (Lipinski definition) is 0. The lowest BCUT2D eigenvalue weighted by Crippen LogP contribution is -2.59. The van der Waals surface area contributed by atoms with Crippen LogP contribution in [0.1, 0.15) is 28.8 Å². The van der Waals surface area contributed by atoms with Gasteiger partial charge in [-0.2, -0.15) is 0 Å². The molecule has 2 atom stereocenters. The van der Waals surface area contributed by atoms with Gasteiger partial charge in [0.2, 0.25) is 5.91 Å². The topological polar surface area (TPSA) is 40.6 Å². The lowest BCUT2D eigenvalue weighted by molar-refractivity contribution is -0.144. The number of nitrogens with zero attached hydrogens (tertiary/aromatic N) is 2. The molecule has 2 fully saturated rings. The van der Waals surface area contributed by atoms with Crippen LogP contribution in [0.15, 0.2) is 60.7 Å². The number of amides is 2. The second kappa shape index (κ2) is 6.71. The summed E-state index contributed by atoms with van der Waals surface area (Å²) in [6, 6.07) is 19.0. The summed E-state index contributed by atoms with van der Waals surface area (Å²) < 4.78 is 0. The van der Waals surface area contributed by atoms with E-state index < -0.39 is 0 Å². The van der Waals surface area contributed by atoms with Gasteiger partial charge < -0.3 is 9.80 Å². The molecule has 4 nitrogen and oxygen atoms in total. The highest BCUT2D eigenvalue weighted by molar-refractivity contribution is 5.98. The Balaban J connectivity index is 1.54. The van der Waals surface area contributed by atoms with Gasteiger partial charge in [-0.15, -0.1) is 0 Å². The van der Waals surface area contributed by atoms with Crippen LogP contribution in [0, 0.1) is 5.92 Å². The van der Waals surface area contributed by atoms with Crippen LogP contribution in [-0.4, -0.2) is 40.7 Å². The highest BCUT2D eigenvalue weighted by Crippen LogP contribution is 2.31. The van der Waals surface area contributed by atoms with Crippen molar-refractivity contribution < 1.29 is 9.59 Å². The molecule has 0 aromatic heterocycles. The monoisotopic (exact) mass is 334 g/mol. The number of hydrogen-bond acceptors (Lipinski definition) is 2. The van der Waals surface area contributed by atoms with Crippen molar-refractivity contribution in [2.45, 2.75) is 25.4 Å². The Labute approximate surface area is 148 Å². The van der Waals surface area contributed by atoms with Gasteiger partial charge in [0.1, 0.15) is 6.04 Å². The van der Waals surface area contributed by atoms with Crippen molar-refractivity contribution in [1.29, 1.82) is 0 Å². The van der Waals surface area contributed by atoms with Gasteiger partial charge in [0.05, 0.1) is 0 Å². The SMILES string of the molecule is O=C1[C@H]2C[C@H](CCN2C(=O)c2ccccc2)CN1Cc1ccccc1. The van der Waals surface area contributed by atoms with E-state index in [1.54, 1.807) is 4.90 Å². The van der Waals surface area contributed by atoms with Crippen molar-refractivity contribution in [3.8, 4) is 0 Å². The van der Waals surface area contributed by atoms with Crippen molar-refractivity contribution >= 4 is 11.8 Å². The predicted molar refractivity (Wildman–Crippen MR) is 95.8 cm³/mol. The molecule has 2 aliphatic rings. The fraction of sp³-hybridized carbons (Fsp3) is 0.333. The molecule has 2 aromatic rings. The lowest BCUT2D eigenvalue weighted by Gasteiger charge is -2.46. The maximum atomic E-state index is 13.0. The van der Waals surface area contributed by atoms with E-state index in [4.69, 9.17) is 0 Å². The predicted octanol–water partition coefficient (Wildman–Crippen LogP) is 2.95. The van der Waals surface area contributed by atoms with Crippen LogP contribution in [-0.2, 0) is 11.3 Å². The lowest BCUT2D eigenvalue weighted by atomic mass is 9.85. The summed E-state index contributed by atoms with van der Waals surface area (Å²) in [4.78, 5) is 29.6. The maximum absolute atomic E-state index is 13.0. The molecule has 128 valence electrons. The Bertz CT molecular complexity index is 760. The highest BCUT2D eigenvalue weighted by atomic mass is 16.2. The van der Waals surface area contributed by atoms with E-state index in [1.807, 2.05) is 65.6 Å². The average molecular weight is 334 g/mol. The molecule has 2 saturated heterocycles. The minimum absolute atomic E-state index is 0.0287. The van der Waals surface area contributed by atoms with E-state index in [9.17, 15) is 9.59 Å². The highest BCUT2D eigenvalue weighted by Gasteiger charge is 2.43. The van der Waals surface area contributed by atoms with Gasteiger partial charge in [0.25, 0.3) is 5.91 Å². The van der Waals surface area contributed by atoms with Gasteiger partial charge in [-0.1, -0.05) is 48.5 Å². The molecule has 0 aliphatic carbocycles. The molecule has 2 heterocycles. The van der Waals surface area contributed by atoms with Crippen LogP contribution in [0.2, 0.25) is 0 Å². The Kier molecular flexibility index (Phi) is 4.26. The summed E-state index contributed by atoms with van der Waals surface area (Å²) in [6.07, 6.45) is 1.76. The van der Waals surface area contributed by atoms with Crippen LogP contribution in [0.4, 0.5) is 0 Å². The summed E-state index contributed by atoms with van der Waals surface area (Å²) in [7, 11) is 0. The number of benzene rings is 2. The molecule has 0 saturated carbocycles.